The fraction of sp³-hybridized carbons (Fsp3) is 0.471. The third kappa shape index (κ3) is 6.48. The molecule has 0 aliphatic carbocycles. The van der Waals surface area contributed by atoms with Gasteiger partial charge in [0.15, 0.2) is 0 Å². The SMILES string of the molecule is CN(C)C1CCN(C(=O)c2ccc(F)cc2)C(C(=O)O)C1.O=C(O)C(F)(F)F. The van der Waals surface area contributed by atoms with Crippen LogP contribution in [0.15, 0.2) is 24.3 Å². The summed E-state index contributed by atoms with van der Waals surface area (Å²) in [7, 11) is 3.81. The molecule has 1 fully saturated rings. The monoisotopic (exact) mass is 408 g/mol. The molecule has 1 aromatic carbocycles. The second-order valence-corrected chi connectivity index (χ2v) is 6.30. The first-order valence-corrected chi connectivity index (χ1v) is 8.10. The van der Waals surface area contributed by atoms with Crippen molar-refractivity contribution in [2.75, 3.05) is 20.6 Å². The standard InChI is InChI=1S/C15H19FN2O3.C2HF3O2/c1-17(2)12-7-8-18(13(9-12)15(20)21)14(19)10-3-5-11(16)6-4-10;3-2(4,5)1(6)7/h3-6,12-13H,7-9H2,1-2H3,(H,20,21);(H,6,7). The van der Waals surface area contributed by atoms with Gasteiger partial charge >= 0.3 is 18.1 Å². The molecular formula is C17H20F4N2O5. The molecule has 2 N–H and O–H groups in total. The first-order chi connectivity index (χ1) is 12.8. The summed E-state index contributed by atoms with van der Waals surface area (Å²) in [5.41, 5.74) is 0.311. The Hall–Kier alpha value is -2.69. The topological polar surface area (TPSA) is 98.2 Å². The Bertz CT molecular complexity index is 706. The van der Waals surface area contributed by atoms with E-state index in [4.69, 9.17) is 9.90 Å². The van der Waals surface area contributed by atoms with Gasteiger partial charge < -0.3 is 20.0 Å². The second-order valence-electron chi connectivity index (χ2n) is 6.30. The van der Waals surface area contributed by atoms with Gasteiger partial charge in [0.1, 0.15) is 11.9 Å². The van der Waals surface area contributed by atoms with E-state index in [1.165, 1.54) is 29.2 Å². The van der Waals surface area contributed by atoms with Gasteiger partial charge in [-0.05, 0) is 51.2 Å². The van der Waals surface area contributed by atoms with E-state index in [0.29, 0.717) is 18.5 Å². The summed E-state index contributed by atoms with van der Waals surface area (Å²) >= 11 is 0. The van der Waals surface area contributed by atoms with E-state index in [1.807, 2.05) is 19.0 Å². The highest BCUT2D eigenvalue weighted by Crippen LogP contribution is 2.23. The highest BCUT2D eigenvalue weighted by molar-refractivity contribution is 5.96. The number of hydrogen-bond acceptors (Lipinski definition) is 4. The van der Waals surface area contributed by atoms with E-state index in [-0.39, 0.29) is 11.9 Å². The largest absolute Gasteiger partial charge is 0.490 e. The summed E-state index contributed by atoms with van der Waals surface area (Å²) in [6, 6.07) is 4.47. The number of hydrogen-bond donors (Lipinski definition) is 2. The number of rotatable bonds is 3. The number of likely N-dealkylation sites (tertiary alicyclic amines) is 1. The average molecular weight is 408 g/mol. The molecule has 0 bridgehead atoms. The highest BCUT2D eigenvalue weighted by Gasteiger charge is 2.38. The van der Waals surface area contributed by atoms with Crippen molar-refractivity contribution in [3.8, 4) is 0 Å². The number of amides is 1. The van der Waals surface area contributed by atoms with E-state index < -0.39 is 30.0 Å². The number of alkyl halides is 3. The molecular weight excluding hydrogens is 388 g/mol. The van der Waals surface area contributed by atoms with Gasteiger partial charge in [-0.3, -0.25) is 4.79 Å². The molecule has 1 aliphatic heterocycles. The van der Waals surface area contributed by atoms with Crippen molar-refractivity contribution in [1.29, 1.82) is 0 Å². The zero-order valence-electron chi connectivity index (χ0n) is 15.1. The Morgan fingerprint density at radius 1 is 1.11 bits per heavy atom. The molecule has 11 heteroatoms. The highest BCUT2D eigenvalue weighted by atomic mass is 19.4. The van der Waals surface area contributed by atoms with Crippen LogP contribution in [0.4, 0.5) is 17.6 Å². The Balaban J connectivity index is 0.000000480. The predicted molar refractivity (Wildman–Crippen MR) is 89.3 cm³/mol. The van der Waals surface area contributed by atoms with Gasteiger partial charge in [0.25, 0.3) is 5.91 Å². The number of halogens is 4. The summed E-state index contributed by atoms with van der Waals surface area (Å²) in [4.78, 5) is 36.1. The first kappa shape index (κ1) is 23.3. The van der Waals surface area contributed by atoms with Crippen LogP contribution in [0.2, 0.25) is 0 Å². The quantitative estimate of drug-likeness (QED) is 0.744. The number of carboxylic acids is 2. The van der Waals surface area contributed by atoms with Crippen LogP contribution in [0.5, 0.6) is 0 Å². The second kappa shape index (κ2) is 9.49. The zero-order chi connectivity index (χ0) is 21.6. The van der Waals surface area contributed by atoms with Crippen molar-refractivity contribution >= 4 is 17.8 Å². The maximum absolute atomic E-state index is 12.9. The van der Waals surface area contributed by atoms with Crippen LogP contribution in [0, 0.1) is 5.82 Å². The van der Waals surface area contributed by atoms with Crippen molar-refractivity contribution in [2.45, 2.75) is 31.1 Å². The summed E-state index contributed by atoms with van der Waals surface area (Å²) in [6.07, 6.45) is -3.96. The molecule has 1 heterocycles. The van der Waals surface area contributed by atoms with Crippen molar-refractivity contribution in [2.24, 2.45) is 0 Å². The van der Waals surface area contributed by atoms with Crippen LogP contribution < -0.4 is 0 Å². The number of piperidine rings is 1. The van der Waals surface area contributed by atoms with Gasteiger partial charge in [0.2, 0.25) is 0 Å². The van der Waals surface area contributed by atoms with Crippen LogP contribution in [-0.2, 0) is 9.59 Å². The smallest absolute Gasteiger partial charge is 0.480 e. The van der Waals surface area contributed by atoms with E-state index in [1.54, 1.807) is 0 Å². The molecule has 28 heavy (non-hydrogen) atoms. The van der Waals surface area contributed by atoms with E-state index in [0.717, 1.165) is 6.42 Å². The summed E-state index contributed by atoms with van der Waals surface area (Å²) in [5.74, 6) is -4.54. The van der Waals surface area contributed by atoms with Crippen LogP contribution in [0.3, 0.4) is 0 Å². The van der Waals surface area contributed by atoms with E-state index >= 15 is 0 Å². The molecule has 7 nitrogen and oxygen atoms in total. The molecule has 0 radical (unpaired) electrons. The number of carboxylic acid groups (broad SMARTS) is 2. The van der Waals surface area contributed by atoms with Gasteiger partial charge in [0, 0.05) is 18.2 Å². The van der Waals surface area contributed by atoms with Gasteiger partial charge in [-0.25, -0.2) is 14.0 Å². The Morgan fingerprint density at radius 2 is 1.61 bits per heavy atom. The fourth-order valence-electron chi connectivity index (χ4n) is 2.65. The van der Waals surface area contributed by atoms with Crippen molar-refractivity contribution in [3.63, 3.8) is 0 Å². The fourth-order valence-corrected chi connectivity index (χ4v) is 2.65. The third-order valence-corrected chi connectivity index (χ3v) is 4.18. The summed E-state index contributed by atoms with van der Waals surface area (Å²) in [6.45, 7) is 0.385. The Morgan fingerprint density at radius 3 is 2.00 bits per heavy atom. The van der Waals surface area contributed by atoms with Crippen LogP contribution >= 0.6 is 0 Å². The lowest BCUT2D eigenvalue weighted by atomic mass is 9.95. The van der Waals surface area contributed by atoms with Crippen molar-refractivity contribution in [1.82, 2.24) is 9.80 Å². The molecule has 156 valence electrons. The molecule has 2 unspecified atom stereocenters. The Kier molecular flexibility index (Phi) is 7.91. The average Bonchev–Trinajstić information content (AvgIpc) is 2.60. The third-order valence-electron chi connectivity index (χ3n) is 4.18. The minimum atomic E-state index is -5.08. The van der Waals surface area contributed by atoms with Crippen LogP contribution in [-0.4, -0.2) is 76.8 Å². The minimum Gasteiger partial charge on any atom is -0.480 e. The van der Waals surface area contributed by atoms with E-state index in [9.17, 15) is 32.3 Å². The molecule has 1 saturated heterocycles. The first-order valence-electron chi connectivity index (χ1n) is 8.10. The zero-order valence-corrected chi connectivity index (χ0v) is 15.1. The number of nitrogens with zero attached hydrogens (tertiary/aromatic N) is 2. The lowest BCUT2D eigenvalue weighted by Crippen LogP contribution is -2.53. The normalized spacial score (nSPS) is 19.6. The van der Waals surface area contributed by atoms with Gasteiger partial charge in [-0.15, -0.1) is 0 Å². The molecule has 0 aromatic heterocycles. The molecule has 1 aromatic rings. The molecule has 2 atom stereocenters. The summed E-state index contributed by atoms with van der Waals surface area (Å²) in [5, 5.41) is 16.5. The molecule has 0 saturated carbocycles. The van der Waals surface area contributed by atoms with Gasteiger partial charge in [0.05, 0.1) is 0 Å². The lowest BCUT2D eigenvalue weighted by molar-refractivity contribution is -0.192. The Labute approximate surface area is 158 Å². The molecule has 1 amide bonds. The maximum Gasteiger partial charge on any atom is 0.490 e. The van der Waals surface area contributed by atoms with Crippen molar-refractivity contribution < 1.29 is 42.2 Å². The minimum absolute atomic E-state index is 0.142. The molecule has 1 aliphatic rings. The predicted octanol–water partition coefficient (Wildman–Crippen LogP) is 2.08. The molecule has 2 rings (SSSR count). The number of benzene rings is 1. The van der Waals surface area contributed by atoms with E-state index in [2.05, 4.69) is 0 Å². The van der Waals surface area contributed by atoms with Crippen molar-refractivity contribution in [3.05, 3.63) is 35.6 Å². The van der Waals surface area contributed by atoms with Crippen LogP contribution in [0.1, 0.15) is 23.2 Å². The lowest BCUT2D eigenvalue weighted by Gasteiger charge is -2.39. The van der Waals surface area contributed by atoms with Gasteiger partial charge in [-0.2, -0.15) is 13.2 Å². The summed E-state index contributed by atoms with van der Waals surface area (Å²) < 4.78 is 44.6. The van der Waals surface area contributed by atoms with Crippen LogP contribution in [0.25, 0.3) is 0 Å². The number of carbonyl (C=O) groups is 3. The molecule has 0 spiro atoms. The van der Waals surface area contributed by atoms with Gasteiger partial charge in [-0.1, -0.05) is 0 Å². The number of carbonyl (C=O) groups excluding carboxylic acids is 1. The maximum atomic E-state index is 12.9. The number of aliphatic carboxylic acids is 2.